The Hall–Kier alpha value is -1.85. The molecule has 0 aromatic carbocycles. The molecular weight excluding hydrogens is 232 g/mol. The summed E-state index contributed by atoms with van der Waals surface area (Å²) in [5.41, 5.74) is 0. The number of esters is 1. The number of nitrogens with one attached hydrogen (secondary N) is 2. The summed E-state index contributed by atoms with van der Waals surface area (Å²) in [6.45, 7) is 3.54. The van der Waals surface area contributed by atoms with E-state index in [-0.39, 0.29) is 5.97 Å². The second-order valence-corrected chi connectivity index (χ2v) is 3.82. The number of nitrogens with zero attached hydrogens (tertiary/aromatic N) is 2. The highest BCUT2D eigenvalue weighted by Crippen LogP contribution is 2.08. The van der Waals surface area contributed by atoms with Crippen LogP contribution in [0.4, 0.5) is 11.6 Å². The highest BCUT2D eigenvalue weighted by Gasteiger charge is 2.01. The predicted octanol–water partition coefficient (Wildman–Crippen LogP) is 1.66. The van der Waals surface area contributed by atoms with E-state index in [0.717, 1.165) is 25.2 Å². The summed E-state index contributed by atoms with van der Waals surface area (Å²) in [7, 11) is 1.38. The van der Waals surface area contributed by atoms with Gasteiger partial charge in [-0.25, -0.2) is 9.97 Å². The van der Waals surface area contributed by atoms with Gasteiger partial charge in [0.1, 0.15) is 18.0 Å². The van der Waals surface area contributed by atoms with E-state index in [1.807, 2.05) is 6.07 Å². The lowest BCUT2D eigenvalue weighted by atomic mass is 10.3. The first-order chi connectivity index (χ1) is 8.76. The molecule has 0 saturated heterocycles. The van der Waals surface area contributed by atoms with Crippen LogP contribution in [0.2, 0.25) is 0 Å². The Kier molecular flexibility index (Phi) is 6.53. The van der Waals surface area contributed by atoms with Gasteiger partial charge in [-0.1, -0.05) is 13.3 Å². The highest BCUT2D eigenvalue weighted by molar-refractivity contribution is 5.69. The van der Waals surface area contributed by atoms with E-state index >= 15 is 0 Å². The molecule has 0 aliphatic rings. The molecule has 0 fully saturated rings. The van der Waals surface area contributed by atoms with Crippen LogP contribution < -0.4 is 10.6 Å². The number of carbonyl (C=O) groups excluding carboxylic acids is 1. The van der Waals surface area contributed by atoms with Crippen molar-refractivity contribution in [2.45, 2.75) is 26.2 Å². The van der Waals surface area contributed by atoms with Crippen molar-refractivity contribution < 1.29 is 9.53 Å². The standard InChI is InChI=1S/C12H20N4O2/c1-3-4-6-13-10-8-11(16-9-15-10)14-7-5-12(17)18-2/h8-9H,3-7H2,1-2H3,(H2,13,14,15,16). The molecule has 2 N–H and O–H groups in total. The zero-order valence-corrected chi connectivity index (χ0v) is 10.9. The summed E-state index contributed by atoms with van der Waals surface area (Å²) in [6, 6.07) is 1.83. The molecule has 0 unspecified atom stereocenters. The first-order valence-corrected chi connectivity index (χ1v) is 6.13. The Morgan fingerprint density at radius 1 is 1.28 bits per heavy atom. The van der Waals surface area contributed by atoms with Crippen molar-refractivity contribution in [2.75, 3.05) is 30.8 Å². The molecule has 0 spiro atoms. The van der Waals surface area contributed by atoms with Crippen LogP contribution in [0.1, 0.15) is 26.2 Å². The lowest BCUT2D eigenvalue weighted by molar-refractivity contribution is -0.140. The molecule has 0 amide bonds. The summed E-state index contributed by atoms with van der Waals surface area (Å²) >= 11 is 0. The van der Waals surface area contributed by atoms with Crippen LogP contribution in [-0.4, -0.2) is 36.1 Å². The fraction of sp³-hybridized carbons (Fsp3) is 0.583. The maximum Gasteiger partial charge on any atom is 0.307 e. The minimum Gasteiger partial charge on any atom is -0.469 e. The zero-order chi connectivity index (χ0) is 13.2. The average molecular weight is 252 g/mol. The molecule has 0 aliphatic carbocycles. The minimum absolute atomic E-state index is 0.238. The number of carbonyl (C=O) groups is 1. The molecule has 0 saturated carbocycles. The van der Waals surface area contributed by atoms with E-state index in [1.54, 1.807) is 0 Å². The molecule has 100 valence electrons. The van der Waals surface area contributed by atoms with Gasteiger partial charge in [0.2, 0.25) is 0 Å². The SMILES string of the molecule is CCCCNc1cc(NCCC(=O)OC)ncn1. The van der Waals surface area contributed by atoms with Crippen LogP contribution in [0.3, 0.4) is 0 Å². The van der Waals surface area contributed by atoms with Gasteiger partial charge in [-0.3, -0.25) is 4.79 Å². The fourth-order valence-corrected chi connectivity index (χ4v) is 1.34. The van der Waals surface area contributed by atoms with E-state index in [2.05, 4.69) is 32.3 Å². The van der Waals surface area contributed by atoms with Crippen molar-refractivity contribution in [1.82, 2.24) is 9.97 Å². The maximum absolute atomic E-state index is 10.9. The molecule has 1 rings (SSSR count). The van der Waals surface area contributed by atoms with Gasteiger partial charge in [-0.2, -0.15) is 0 Å². The Morgan fingerprint density at radius 2 is 1.94 bits per heavy atom. The third-order valence-electron chi connectivity index (χ3n) is 2.37. The average Bonchev–Trinajstić information content (AvgIpc) is 2.39. The Bertz CT molecular complexity index is 371. The Morgan fingerprint density at radius 3 is 2.56 bits per heavy atom. The molecule has 1 aromatic heterocycles. The van der Waals surface area contributed by atoms with Crippen LogP contribution in [0.5, 0.6) is 0 Å². The van der Waals surface area contributed by atoms with Crippen molar-refractivity contribution in [3.63, 3.8) is 0 Å². The number of methoxy groups -OCH3 is 1. The third-order valence-corrected chi connectivity index (χ3v) is 2.37. The Balaban J connectivity index is 2.36. The van der Waals surface area contributed by atoms with Gasteiger partial charge in [-0.05, 0) is 6.42 Å². The van der Waals surface area contributed by atoms with Crippen molar-refractivity contribution >= 4 is 17.6 Å². The van der Waals surface area contributed by atoms with Gasteiger partial charge in [0.05, 0.1) is 13.5 Å². The molecule has 0 aliphatic heterocycles. The molecule has 0 atom stereocenters. The van der Waals surface area contributed by atoms with Gasteiger partial charge < -0.3 is 15.4 Å². The van der Waals surface area contributed by atoms with Crippen LogP contribution >= 0.6 is 0 Å². The van der Waals surface area contributed by atoms with E-state index in [0.29, 0.717) is 18.8 Å². The number of rotatable bonds is 8. The molecule has 0 radical (unpaired) electrons. The smallest absolute Gasteiger partial charge is 0.307 e. The first kappa shape index (κ1) is 14.2. The monoisotopic (exact) mass is 252 g/mol. The van der Waals surface area contributed by atoms with E-state index in [4.69, 9.17) is 0 Å². The molecule has 6 nitrogen and oxygen atoms in total. The number of hydrogen-bond donors (Lipinski definition) is 2. The van der Waals surface area contributed by atoms with E-state index in [1.165, 1.54) is 13.4 Å². The maximum atomic E-state index is 10.9. The first-order valence-electron chi connectivity index (χ1n) is 6.13. The number of aromatic nitrogens is 2. The molecule has 6 heteroatoms. The Labute approximate surface area is 107 Å². The largest absolute Gasteiger partial charge is 0.469 e. The second-order valence-electron chi connectivity index (χ2n) is 3.82. The quantitative estimate of drug-likeness (QED) is 0.541. The summed E-state index contributed by atoms with van der Waals surface area (Å²) in [6.07, 6.45) is 4.06. The lowest BCUT2D eigenvalue weighted by Gasteiger charge is -2.07. The fourth-order valence-electron chi connectivity index (χ4n) is 1.34. The van der Waals surface area contributed by atoms with Gasteiger partial charge in [0.25, 0.3) is 0 Å². The highest BCUT2D eigenvalue weighted by atomic mass is 16.5. The normalized spacial score (nSPS) is 9.89. The van der Waals surface area contributed by atoms with Crippen molar-refractivity contribution in [1.29, 1.82) is 0 Å². The molecular formula is C12H20N4O2. The second kappa shape index (κ2) is 8.27. The summed E-state index contributed by atoms with van der Waals surface area (Å²) in [5.74, 6) is 1.25. The molecule has 1 aromatic rings. The number of hydrogen-bond acceptors (Lipinski definition) is 6. The van der Waals surface area contributed by atoms with Gasteiger partial charge in [0.15, 0.2) is 0 Å². The molecule has 18 heavy (non-hydrogen) atoms. The van der Waals surface area contributed by atoms with Crippen molar-refractivity contribution in [3.8, 4) is 0 Å². The van der Waals surface area contributed by atoms with E-state index < -0.39 is 0 Å². The minimum atomic E-state index is -0.238. The molecule has 1 heterocycles. The van der Waals surface area contributed by atoms with Crippen LogP contribution in [0.15, 0.2) is 12.4 Å². The topological polar surface area (TPSA) is 76.1 Å². The van der Waals surface area contributed by atoms with Crippen LogP contribution in [0.25, 0.3) is 0 Å². The number of anilines is 2. The summed E-state index contributed by atoms with van der Waals surface area (Å²) in [5, 5.41) is 6.26. The summed E-state index contributed by atoms with van der Waals surface area (Å²) < 4.78 is 4.55. The van der Waals surface area contributed by atoms with Crippen LogP contribution in [-0.2, 0) is 9.53 Å². The van der Waals surface area contributed by atoms with E-state index in [9.17, 15) is 4.79 Å². The van der Waals surface area contributed by atoms with Gasteiger partial charge in [0, 0.05) is 19.2 Å². The number of ether oxygens (including phenoxy) is 1. The van der Waals surface area contributed by atoms with Gasteiger partial charge in [-0.15, -0.1) is 0 Å². The van der Waals surface area contributed by atoms with Crippen LogP contribution in [0, 0.1) is 0 Å². The molecule has 0 bridgehead atoms. The lowest BCUT2D eigenvalue weighted by Crippen LogP contribution is -2.11. The predicted molar refractivity (Wildman–Crippen MR) is 70.6 cm³/mol. The third kappa shape index (κ3) is 5.47. The van der Waals surface area contributed by atoms with Gasteiger partial charge >= 0.3 is 5.97 Å². The van der Waals surface area contributed by atoms with Crippen molar-refractivity contribution in [3.05, 3.63) is 12.4 Å². The zero-order valence-electron chi connectivity index (χ0n) is 10.9. The number of unbranched alkanes of at least 4 members (excludes halogenated alkanes) is 1. The van der Waals surface area contributed by atoms with Crippen molar-refractivity contribution in [2.24, 2.45) is 0 Å². The summed E-state index contributed by atoms with van der Waals surface area (Å²) in [4.78, 5) is 19.1.